The third-order valence-corrected chi connectivity index (χ3v) is 5.01. The number of rotatable bonds is 0. The van der Waals surface area contributed by atoms with Crippen molar-refractivity contribution in [3.05, 3.63) is 35.4 Å². The van der Waals surface area contributed by atoms with Gasteiger partial charge in [0.2, 0.25) is 0 Å². The standard InChI is InChI=1S/C10H11BrO2S/c11-10-5-6-14(12,13)7-8-3-1-2-4-9(8)10/h1-4,10H,5-7H2/t10-/m1/s1. The van der Waals surface area contributed by atoms with Gasteiger partial charge in [-0.25, -0.2) is 8.42 Å². The van der Waals surface area contributed by atoms with E-state index in [2.05, 4.69) is 15.9 Å². The second-order valence-electron chi connectivity index (χ2n) is 3.55. The molecule has 0 saturated carbocycles. The number of halogens is 1. The van der Waals surface area contributed by atoms with E-state index in [1.54, 1.807) is 0 Å². The van der Waals surface area contributed by atoms with Gasteiger partial charge < -0.3 is 0 Å². The highest BCUT2D eigenvalue weighted by molar-refractivity contribution is 9.09. The Hall–Kier alpha value is -0.350. The summed E-state index contributed by atoms with van der Waals surface area (Å²) < 4.78 is 23.1. The number of sulfone groups is 1. The van der Waals surface area contributed by atoms with Gasteiger partial charge in [-0.2, -0.15) is 0 Å². The zero-order valence-electron chi connectivity index (χ0n) is 7.61. The molecule has 0 radical (unpaired) electrons. The van der Waals surface area contributed by atoms with Gasteiger partial charge in [-0.3, -0.25) is 0 Å². The van der Waals surface area contributed by atoms with E-state index >= 15 is 0 Å². The van der Waals surface area contributed by atoms with E-state index in [1.807, 2.05) is 24.3 Å². The van der Waals surface area contributed by atoms with E-state index in [0.29, 0.717) is 6.42 Å². The molecule has 1 aliphatic heterocycles. The Morgan fingerprint density at radius 2 is 2.00 bits per heavy atom. The Bertz CT molecular complexity index is 439. The number of benzene rings is 1. The molecule has 0 fully saturated rings. The molecular weight excluding hydrogens is 264 g/mol. The van der Waals surface area contributed by atoms with Crippen LogP contribution in [0.3, 0.4) is 0 Å². The fourth-order valence-corrected chi connectivity index (χ4v) is 4.17. The van der Waals surface area contributed by atoms with Crippen LogP contribution in [0.5, 0.6) is 0 Å². The van der Waals surface area contributed by atoms with Crippen LogP contribution in [0.4, 0.5) is 0 Å². The Balaban J connectivity index is 2.51. The van der Waals surface area contributed by atoms with Gasteiger partial charge in [-0.1, -0.05) is 40.2 Å². The highest BCUT2D eigenvalue weighted by atomic mass is 79.9. The minimum atomic E-state index is -2.90. The third-order valence-electron chi connectivity index (χ3n) is 2.45. The highest BCUT2D eigenvalue weighted by Gasteiger charge is 2.23. The molecule has 2 nitrogen and oxygen atoms in total. The van der Waals surface area contributed by atoms with Gasteiger partial charge in [0.25, 0.3) is 0 Å². The Morgan fingerprint density at radius 3 is 2.79 bits per heavy atom. The quantitative estimate of drug-likeness (QED) is 0.681. The minimum Gasteiger partial charge on any atom is -0.228 e. The van der Waals surface area contributed by atoms with E-state index < -0.39 is 9.84 Å². The molecule has 0 aliphatic carbocycles. The summed E-state index contributed by atoms with van der Waals surface area (Å²) in [6, 6.07) is 7.73. The Labute approximate surface area is 92.4 Å². The zero-order chi connectivity index (χ0) is 10.2. The van der Waals surface area contributed by atoms with Gasteiger partial charge in [0.1, 0.15) is 0 Å². The molecule has 1 heterocycles. The number of hydrogen-bond acceptors (Lipinski definition) is 2. The smallest absolute Gasteiger partial charge is 0.154 e. The van der Waals surface area contributed by atoms with Gasteiger partial charge in [-0.15, -0.1) is 0 Å². The van der Waals surface area contributed by atoms with Crippen LogP contribution in [0.25, 0.3) is 0 Å². The molecule has 1 aromatic rings. The van der Waals surface area contributed by atoms with E-state index in [0.717, 1.165) is 11.1 Å². The van der Waals surface area contributed by atoms with E-state index in [9.17, 15) is 8.42 Å². The van der Waals surface area contributed by atoms with E-state index in [4.69, 9.17) is 0 Å². The van der Waals surface area contributed by atoms with Crippen molar-refractivity contribution in [2.24, 2.45) is 0 Å². The molecule has 0 N–H and O–H groups in total. The first-order chi connectivity index (χ1) is 6.58. The van der Waals surface area contributed by atoms with Crippen LogP contribution in [0, 0.1) is 0 Å². The molecule has 0 amide bonds. The van der Waals surface area contributed by atoms with Gasteiger partial charge in [0.05, 0.1) is 11.5 Å². The monoisotopic (exact) mass is 274 g/mol. The second-order valence-corrected chi connectivity index (χ2v) is 6.84. The largest absolute Gasteiger partial charge is 0.228 e. The van der Waals surface area contributed by atoms with Crippen molar-refractivity contribution in [1.29, 1.82) is 0 Å². The highest BCUT2D eigenvalue weighted by Crippen LogP contribution is 2.33. The summed E-state index contributed by atoms with van der Waals surface area (Å²) in [7, 11) is -2.90. The molecular formula is C10H11BrO2S. The first-order valence-electron chi connectivity index (χ1n) is 4.51. The zero-order valence-corrected chi connectivity index (χ0v) is 10.0. The Kier molecular flexibility index (Phi) is 2.66. The SMILES string of the molecule is O=S1(=O)CC[C@@H](Br)c2ccccc2C1. The first kappa shape index (κ1) is 10.2. The predicted molar refractivity (Wildman–Crippen MR) is 60.2 cm³/mol. The van der Waals surface area contributed by atoms with Crippen LogP contribution in [0.15, 0.2) is 24.3 Å². The molecule has 1 aliphatic rings. The molecule has 0 aromatic heterocycles. The van der Waals surface area contributed by atoms with Crippen LogP contribution < -0.4 is 0 Å². The molecule has 0 unspecified atom stereocenters. The number of fused-ring (bicyclic) bond motifs is 1. The molecule has 76 valence electrons. The molecule has 0 spiro atoms. The van der Waals surface area contributed by atoms with Crippen molar-refractivity contribution in [2.45, 2.75) is 17.0 Å². The second kappa shape index (κ2) is 3.66. The van der Waals surface area contributed by atoms with Gasteiger partial charge in [0.15, 0.2) is 9.84 Å². The van der Waals surface area contributed by atoms with Crippen molar-refractivity contribution >= 4 is 25.8 Å². The van der Waals surface area contributed by atoms with Crippen LogP contribution >= 0.6 is 15.9 Å². The lowest BCUT2D eigenvalue weighted by atomic mass is 10.0. The molecule has 14 heavy (non-hydrogen) atoms. The van der Waals surface area contributed by atoms with E-state index in [-0.39, 0.29) is 16.3 Å². The summed E-state index contributed by atoms with van der Waals surface area (Å²) in [4.78, 5) is 0.177. The topological polar surface area (TPSA) is 34.1 Å². The van der Waals surface area contributed by atoms with Gasteiger partial charge in [0, 0.05) is 4.83 Å². The van der Waals surface area contributed by atoms with Crippen molar-refractivity contribution in [3.63, 3.8) is 0 Å². The molecule has 0 saturated heterocycles. The fraction of sp³-hybridized carbons (Fsp3) is 0.400. The maximum Gasteiger partial charge on any atom is 0.154 e. The summed E-state index contributed by atoms with van der Waals surface area (Å²) in [5.41, 5.74) is 2.06. The van der Waals surface area contributed by atoms with Crippen LogP contribution in [-0.2, 0) is 15.6 Å². The van der Waals surface area contributed by atoms with Crippen LogP contribution in [0.1, 0.15) is 22.4 Å². The molecule has 1 atom stereocenters. The lowest BCUT2D eigenvalue weighted by Gasteiger charge is -2.08. The molecule has 0 bridgehead atoms. The summed E-state index contributed by atoms with van der Waals surface area (Å²) in [6.07, 6.45) is 0.666. The lowest BCUT2D eigenvalue weighted by Crippen LogP contribution is -2.06. The number of alkyl halides is 1. The summed E-state index contributed by atoms with van der Waals surface area (Å²) in [5.74, 6) is 0.461. The van der Waals surface area contributed by atoms with Crippen molar-refractivity contribution in [3.8, 4) is 0 Å². The van der Waals surface area contributed by atoms with Crippen LogP contribution in [-0.4, -0.2) is 14.2 Å². The maximum absolute atomic E-state index is 11.6. The number of hydrogen-bond donors (Lipinski definition) is 0. The van der Waals surface area contributed by atoms with Gasteiger partial charge in [-0.05, 0) is 17.5 Å². The first-order valence-corrected chi connectivity index (χ1v) is 7.24. The normalized spacial score (nSPS) is 25.1. The summed E-state index contributed by atoms with van der Waals surface area (Å²) in [6.45, 7) is 0. The van der Waals surface area contributed by atoms with Gasteiger partial charge >= 0.3 is 0 Å². The average Bonchev–Trinajstić information content (AvgIpc) is 2.25. The third kappa shape index (κ3) is 2.01. The summed E-state index contributed by atoms with van der Waals surface area (Å²) >= 11 is 3.52. The van der Waals surface area contributed by atoms with Crippen molar-refractivity contribution < 1.29 is 8.42 Å². The molecule has 4 heteroatoms. The maximum atomic E-state index is 11.6. The lowest BCUT2D eigenvalue weighted by molar-refractivity contribution is 0.594. The summed E-state index contributed by atoms with van der Waals surface area (Å²) in [5, 5.41) is 0. The average molecular weight is 275 g/mol. The Morgan fingerprint density at radius 1 is 1.29 bits per heavy atom. The predicted octanol–water partition coefficient (Wildman–Crippen LogP) is 2.44. The molecule has 1 aromatic carbocycles. The fourth-order valence-electron chi connectivity index (χ4n) is 1.72. The minimum absolute atomic E-state index is 0.177. The van der Waals surface area contributed by atoms with Crippen LogP contribution in [0.2, 0.25) is 0 Å². The van der Waals surface area contributed by atoms with Crippen molar-refractivity contribution in [2.75, 3.05) is 5.75 Å². The van der Waals surface area contributed by atoms with E-state index in [1.165, 1.54) is 0 Å². The molecule has 2 rings (SSSR count). The van der Waals surface area contributed by atoms with Crippen molar-refractivity contribution in [1.82, 2.24) is 0 Å².